The Kier molecular flexibility index (Phi) is 6.24. The number of carbonyl (C=O) groups is 1. The molecule has 0 spiro atoms. The predicted octanol–water partition coefficient (Wildman–Crippen LogP) is 2.34. The average molecular weight is 301 g/mol. The van der Waals surface area contributed by atoms with Gasteiger partial charge < -0.3 is 11.1 Å². The maximum atomic E-state index is 13.0. The molecule has 0 bridgehead atoms. The standard InChI is InChI=1S/C11H12F4N2O.ClH/c1-6(5-16)17-10(18)7-2-3-9(12)8(4-7)11(13,14)15;/h2-4,6H,5,16H2,1H3,(H,17,18);1H/t6-;/m1./s1. The number of nitrogens with one attached hydrogen (secondary N) is 1. The van der Waals surface area contributed by atoms with E-state index in [9.17, 15) is 22.4 Å². The van der Waals surface area contributed by atoms with Gasteiger partial charge in [-0.15, -0.1) is 12.4 Å². The lowest BCUT2D eigenvalue weighted by molar-refractivity contribution is -0.140. The first-order valence-corrected chi connectivity index (χ1v) is 5.13. The van der Waals surface area contributed by atoms with E-state index < -0.39 is 23.5 Å². The van der Waals surface area contributed by atoms with Crippen molar-refractivity contribution < 1.29 is 22.4 Å². The highest BCUT2D eigenvalue weighted by Gasteiger charge is 2.34. The molecule has 0 heterocycles. The van der Waals surface area contributed by atoms with Gasteiger partial charge in [-0.25, -0.2) is 4.39 Å². The number of alkyl halides is 3. The first-order valence-electron chi connectivity index (χ1n) is 5.13. The molecule has 0 fully saturated rings. The van der Waals surface area contributed by atoms with Crippen LogP contribution in [0.25, 0.3) is 0 Å². The summed E-state index contributed by atoms with van der Waals surface area (Å²) < 4.78 is 50.3. The van der Waals surface area contributed by atoms with Gasteiger partial charge in [-0.05, 0) is 25.1 Å². The fraction of sp³-hybridized carbons (Fsp3) is 0.364. The Bertz CT molecular complexity index is 451. The first-order chi connectivity index (χ1) is 8.25. The van der Waals surface area contributed by atoms with E-state index in [1.807, 2.05) is 0 Å². The summed E-state index contributed by atoms with van der Waals surface area (Å²) in [4.78, 5) is 11.5. The summed E-state index contributed by atoms with van der Waals surface area (Å²) in [5.74, 6) is -2.13. The maximum Gasteiger partial charge on any atom is 0.419 e. The van der Waals surface area contributed by atoms with Crippen LogP contribution in [0.4, 0.5) is 17.6 Å². The lowest BCUT2D eigenvalue weighted by Crippen LogP contribution is -2.37. The Balaban J connectivity index is 0.00000324. The molecule has 0 saturated carbocycles. The first kappa shape index (κ1) is 17.7. The summed E-state index contributed by atoms with van der Waals surface area (Å²) >= 11 is 0. The van der Waals surface area contributed by atoms with Crippen LogP contribution in [0, 0.1) is 5.82 Å². The maximum absolute atomic E-state index is 13.0. The van der Waals surface area contributed by atoms with E-state index in [0.717, 1.165) is 6.07 Å². The third-order valence-corrected chi connectivity index (χ3v) is 2.26. The molecule has 1 rings (SSSR count). The molecule has 0 aliphatic rings. The average Bonchev–Trinajstić information content (AvgIpc) is 2.27. The van der Waals surface area contributed by atoms with Gasteiger partial charge in [0.05, 0.1) is 5.56 Å². The van der Waals surface area contributed by atoms with Crippen molar-refractivity contribution in [3.8, 4) is 0 Å². The molecule has 3 N–H and O–H groups in total. The molecule has 0 radical (unpaired) electrons. The van der Waals surface area contributed by atoms with Gasteiger partial charge in [-0.3, -0.25) is 4.79 Å². The number of hydrogen-bond acceptors (Lipinski definition) is 2. The number of carbonyl (C=O) groups excluding carboxylic acids is 1. The molecule has 3 nitrogen and oxygen atoms in total. The number of nitrogens with two attached hydrogens (primary N) is 1. The summed E-state index contributed by atoms with van der Waals surface area (Å²) in [5.41, 5.74) is 3.54. The Morgan fingerprint density at radius 2 is 2.00 bits per heavy atom. The minimum absolute atomic E-state index is 0. The molecule has 0 saturated heterocycles. The summed E-state index contributed by atoms with van der Waals surface area (Å²) in [6, 6.07) is 1.71. The van der Waals surface area contributed by atoms with E-state index in [2.05, 4.69) is 5.32 Å². The van der Waals surface area contributed by atoms with Crippen molar-refractivity contribution in [3.05, 3.63) is 35.1 Å². The number of hydrogen-bond donors (Lipinski definition) is 2. The molecule has 0 aromatic heterocycles. The van der Waals surface area contributed by atoms with Crippen LogP contribution in [0.3, 0.4) is 0 Å². The Labute approximate surface area is 113 Å². The van der Waals surface area contributed by atoms with Crippen molar-refractivity contribution in [1.29, 1.82) is 0 Å². The third-order valence-electron chi connectivity index (χ3n) is 2.26. The van der Waals surface area contributed by atoms with E-state index in [1.165, 1.54) is 0 Å². The Morgan fingerprint density at radius 1 is 1.42 bits per heavy atom. The second-order valence-corrected chi connectivity index (χ2v) is 3.80. The van der Waals surface area contributed by atoms with Crippen LogP contribution >= 0.6 is 12.4 Å². The fourth-order valence-electron chi connectivity index (χ4n) is 1.25. The second kappa shape index (κ2) is 6.72. The zero-order chi connectivity index (χ0) is 13.9. The van der Waals surface area contributed by atoms with E-state index in [1.54, 1.807) is 6.92 Å². The van der Waals surface area contributed by atoms with Gasteiger partial charge in [0.2, 0.25) is 0 Å². The third kappa shape index (κ3) is 4.68. The monoisotopic (exact) mass is 300 g/mol. The molecule has 108 valence electrons. The van der Waals surface area contributed by atoms with Gasteiger partial charge in [0, 0.05) is 18.2 Å². The molecule has 0 aliphatic carbocycles. The van der Waals surface area contributed by atoms with Crippen molar-refractivity contribution in [1.82, 2.24) is 5.32 Å². The van der Waals surface area contributed by atoms with E-state index in [4.69, 9.17) is 5.73 Å². The predicted molar refractivity (Wildman–Crippen MR) is 64.6 cm³/mol. The summed E-state index contributed by atoms with van der Waals surface area (Å²) in [6.45, 7) is 1.76. The van der Waals surface area contributed by atoms with Crippen LogP contribution in [-0.4, -0.2) is 18.5 Å². The molecule has 8 heteroatoms. The highest BCUT2D eigenvalue weighted by atomic mass is 35.5. The number of halogens is 5. The number of benzene rings is 1. The summed E-state index contributed by atoms with van der Waals surface area (Å²) in [5, 5.41) is 2.39. The van der Waals surface area contributed by atoms with E-state index in [0.29, 0.717) is 12.1 Å². The zero-order valence-corrected chi connectivity index (χ0v) is 10.7. The van der Waals surface area contributed by atoms with Gasteiger partial charge in [0.15, 0.2) is 0 Å². The lowest BCUT2D eigenvalue weighted by Gasteiger charge is -2.13. The minimum atomic E-state index is -4.83. The second-order valence-electron chi connectivity index (χ2n) is 3.80. The molecular weight excluding hydrogens is 288 g/mol. The van der Waals surface area contributed by atoms with Gasteiger partial charge in [0.25, 0.3) is 5.91 Å². The van der Waals surface area contributed by atoms with Crippen molar-refractivity contribution in [2.45, 2.75) is 19.1 Å². The van der Waals surface area contributed by atoms with Crippen LogP contribution in [0.15, 0.2) is 18.2 Å². The molecule has 1 amide bonds. The van der Waals surface area contributed by atoms with E-state index >= 15 is 0 Å². The highest BCUT2D eigenvalue weighted by Crippen LogP contribution is 2.31. The van der Waals surface area contributed by atoms with Crippen molar-refractivity contribution in [2.24, 2.45) is 5.73 Å². The highest BCUT2D eigenvalue weighted by molar-refractivity contribution is 5.94. The van der Waals surface area contributed by atoms with Gasteiger partial charge in [-0.2, -0.15) is 13.2 Å². The van der Waals surface area contributed by atoms with Crippen LogP contribution in [0.1, 0.15) is 22.8 Å². The zero-order valence-electron chi connectivity index (χ0n) is 9.92. The van der Waals surface area contributed by atoms with Gasteiger partial charge in [-0.1, -0.05) is 0 Å². The van der Waals surface area contributed by atoms with Crippen LogP contribution < -0.4 is 11.1 Å². The Morgan fingerprint density at radius 3 is 2.47 bits per heavy atom. The van der Waals surface area contributed by atoms with Crippen molar-refractivity contribution in [3.63, 3.8) is 0 Å². The molecular formula is C11H13ClF4N2O. The SMILES string of the molecule is C[C@H](CN)NC(=O)c1ccc(F)c(C(F)(F)F)c1.Cl. The summed E-state index contributed by atoms with van der Waals surface area (Å²) in [6.07, 6.45) is -4.83. The lowest BCUT2D eigenvalue weighted by atomic mass is 10.1. The van der Waals surface area contributed by atoms with Crippen LogP contribution in [0.5, 0.6) is 0 Å². The molecule has 1 atom stereocenters. The quantitative estimate of drug-likeness (QED) is 0.842. The van der Waals surface area contributed by atoms with Crippen LogP contribution in [0.2, 0.25) is 0 Å². The number of rotatable bonds is 3. The van der Waals surface area contributed by atoms with Gasteiger partial charge >= 0.3 is 6.18 Å². The molecule has 1 aromatic carbocycles. The minimum Gasteiger partial charge on any atom is -0.348 e. The molecule has 19 heavy (non-hydrogen) atoms. The topological polar surface area (TPSA) is 55.1 Å². The summed E-state index contributed by atoms with van der Waals surface area (Å²) in [7, 11) is 0. The molecule has 1 aromatic rings. The number of amides is 1. The van der Waals surface area contributed by atoms with Crippen molar-refractivity contribution in [2.75, 3.05) is 6.54 Å². The normalized spacial score (nSPS) is 12.5. The largest absolute Gasteiger partial charge is 0.419 e. The molecule has 0 unspecified atom stereocenters. The fourth-order valence-corrected chi connectivity index (χ4v) is 1.25. The van der Waals surface area contributed by atoms with E-state index in [-0.39, 0.29) is 30.6 Å². The Hall–Kier alpha value is -1.34. The van der Waals surface area contributed by atoms with Crippen molar-refractivity contribution >= 4 is 18.3 Å². The smallest absolute Gasteiger partial charge is 0.348 e. The van der Waals surface area contributed by atoms with Crippen LogP contribution in [-0.2, 0) is 6.18 Å². The molecule has 0 aliphatic heterocycles. The van der Waals surface area contributed by atoms with Gasteiger partial charge in [0.1, 0.15) is 5.82 Å².